The van der Waals surface area contributed by atoms with Crippen molar-refractivity contribution in [1.29, 1.82) is 0 Å². The van der Waals surface area contributed by atoms with Gasteiger partial charge < -0.3 is 10.3 Å². The topological polar surface area (TPSA) is 77.8 Å². The van der Waals surface area contributed by atoms with E-state index in [-0.39, 0.29) is 6.04 Å². The summed E-state index contributed by atoms with van der Waals surface area (Å²) in [6, 6.07) is 0.227. The molecule has 2 aromatic heterocycles. The van der Waals surface area contributed by atoms with E-state index in [9.17, 15) is 0 Å². The third-order valence-electron chi connectivity index (χ3n) is 2.57. The number of aromatic nitrogens is 3. The largest absolute Gasteiger partial charge is 0.339 e. The van der Waals surface area contributed by atoms with E-state index in [0.717, 1.165) is 30.0 Å². The van der Waals surface area contributed by atoms with Gasteiger partial charge >= 0.3 is 0 Å². The Labute approximate surface area is 110 Å². The summed E-state index contributed by atoms with van der Waals surface area (Å²) in [6.07, 6.45) is 3.39. The van der Waals surface area contributed by atoms with E-state index in [0.29, 0.717) is 18.1 Å². The highest BCUT2D eigenvalue weighted by Crippen LogP contribution is 2.12. The standard InChI is InChI=1S/C12H18N4OS/c1-8(13)4-3-5-12-15-11(16-17-12)6-10-7-18-9(2)14-10/h7-8H,3-6,13H2,1-2H3. The van der Waals surface area contributed by atoms with Crippen LogP contribution < -0.4 is 5.73 Å². The predicted molar refractivity (Wildman–Crippen MR) is 70.5 cm³/mol. The number of hydrogen-bond donors (Lipinski definition) is 1. The van der Waals surface area contributed by atoms with Crippen LogP contribution in [0.15, 0.2) is 9.90 Å². The van der Waals surface area contributed by atoms with Gasteiger partial charge in [0.1, 0.15) is 0 Å². The fourth-order valence-electron chi connectivity index (χ4n) is 1.69. The Bertz CT molecular complexity index is 492. The van der Waals surface area contributed by atoms with Crippen LogP contribution in [-0.2, 0) is 12.8 Å². The highest BCUT2D eigenvalue weighted by atomic mass is 32.1. The molecule has 0 amide bonds. The van der Waals surface area contributed by atoms with Crippen molar-refractivity contribution in [2.75, 3.05) is 0 Å². The van der Waals surface area contributed by atoms with Crippen LogP contribution in [0.3, 0.4) is 0 Å². The lowest BCUT2D eigenvalue weighted by molar-refractivity contribution is 0.368. The second-order valence-electron chi connectivity index (χ2n) is 4.51. The Morgan fingerprint density at radius 3 is 2.94 bits per heavy atom. The highest BCUT2D eigenvalue weighted by Gasteiger charge is 2.09. The Morgan fingerprint density at radius 2 is 2.28 bits per heavy atom. The second-order valence-corrected chi connectivity index (χ2v) is 5.57. The summed E-state index contributed by atoms with van der Waals surface area (Å²) in [4.78, 5) is 8.74. The molecule has 0 spiro atoms. The van der Waals surface area contributed by atoms with Crippen molar-refractivity contribution in [2.45, 2.75) is 45.6 Å². The molecule has 0 bridgehead atoms. The molecule has 0 aromatic carbocycles. The molecule has 5 nitrogen and oxygen atoms in total. The molecule has 1 unspecified atom stereocenters. The van der Waals surface area contributed by atoms with Crippen LogP contribution in [0.25, 0.3) is 0 Å². The first-order chi connectivity index (χ1) is 8.63. The van der Waals surface area contributed by atoms with Crippen LogP contribution in [0.2, 0.25) is 0 Å². The first-order valence-corrected chi connectivity index (χ1v) is 6.99. The molecule has 0 saturated carbocycles. The molecule has 2 aromatic rings. The number of thiazole rings is 1. The zero-order valence-corrected chi connectivity index (χ0v) is 11.5. The van der Waals surface area contributed by atoms with Crippen molar-refractivity contribution < 1.29 is 4.52 Å². The van der Waals surface area contributed by atoms with Gasteiger partial charge in [0.25, 0.3) is 0 Å². The maximum atomic E-state index is 5.69. The summed E-state index contributed by atoms with van der Waals surface area (Å²) in [5.74, 6) is 1.40. The minimum absolute atomic E-state index is 0.227. The molecule has 0 aliphatic rings. The van der Waals surface area contributed by atoms with Gasteiger partial charge in [-0.15, -0.1) is 11.3 Å². The first kappa shape index (κ1) is 13.2. The zero-order valence-electron chi connectivity index (χ0n) is 10.7. The van der Waals surface area contributed by atoms with Crippen LogP contribution in [0.1, 0.15) is 42.2 Å². The second kappa shape index (κ2) is 6.06. The van der Waals surface area contributed by atoms with Crippen molar-refractivity contribution in [1.82, 2.24) is 15.1 Å². The summed E-state index contributed by atoms with van der Waals surface area (Å²) in [5.41, 5.74) is 6.69. The van der Waals surface area contributed by atoms with Crippen LogP contribution in [0.4, 0.5) is 0 Å². The predicted octanol–water partition coefficient (Wildman–Crippen LogP) is 2.10. The van der Waals surface area contributed by atoms with E-state index >= 15 is 0 Å². The van der Waals surface area contributed by atoms with Gasteiger partial charge in [-0.05, 0) is 26.7 Å². The zero-order chi connectivity index (χ0) is 13.0. The Kier molecular flexibility index (Phi) is 4.43. The molecule has 2 heterocycles. The fourth-order valence-corrected chi connectivity index (χ4v) is 2.30. The van der Waals surface area contributed by atoms with E-state index in [1.807, 2.05) is 19.2 Å². The van der Waals surface area contributed by atoms with Gasteiger partial charge in [0, 0.05) is 17.8 Å². The van der Waals surface area contributed by atoms with Crippen molar-refractivity contribution in [3.05, 3.63) is 27.8 Å². The average Bonchev–Trinajstić information content (AvgIpc) is 2.89. The lowest BCUT2D eigenvalue weighted by Gasteiger charge is -2.00. The molecule has 2 rings (SSSR count). The van der Waals surface area contributed by atoms with E-state index < -0.39 is 0 Å². The molecule has 1 atom stereocenters. The molecule has 0 aliphatic carbocycles. The molecule has 0 saturated heterocycles. The maximum Gasteiger partial charge on any atom is 0.226 e. The van der Waals surface area contributed by atoms with Gasteiger partial charge in [0.05, 0.1) is 17.1 Å². The van der Waals surface area contributed by atoms with Crippen molar-refractivity contribution in [2.24, 2.45) is 5.73 Å². The molecule has 6 heteroatoms. The van der Waals surface area contributed by atoms with Crippen molar-refractivity contribution in [3.8, 4) is 0 Å². The number of nitrogens with two attached hydrogens (primary N) is 1. The van der Waals surface area contributed by atoms with Gasteiger partial charge in [-0.1, -0.05) is 5.16 Å². The molecule has 18 heavy (non-hydrogen) atoms. The number of nitrogens with zero attached hydrogens (tertiary/aromatic N) is 3. The highest BCUT2D eigenvalue weighted by molar-refractivity contribution is 7.09. The normalized spacial score (nSPS) is 12.8. The Hall–Kier alpha value is -1.27. The molecule has 0 fully saturated rings. The van der Waals surface area contributed by atoms with E-state index in [1.54, 1.807) is 11.3 Å². The van der Waals surface area contributed by atoms with Gasteiger partial charge in [-0.25, -0.2) is 4.98 Å². The quantitative estimate of drug-likeness (QED) is 0.866. The molecule has 0 aliphatic heterocycles. The van der Waals surface area contributed by atoms with E-state index in [1.165, 1.54) is 0 Å². The third-order valence-corrected chi connectivity index (χ3v) is 3.39. The summed E-state index contributed by atoms with van der Waals surface area (Å²) in [7, 11) is 0. The van der Waals surface area contributed by atoms with Gasteiger partial charge in [-0.2, -0.15) is 4.98 Å². The third kappa shape index (κ3) is 3.89. The minimum Gasteiger partial charge on any atom is -0.339 e. The summed E-state index contributed by atoms with van der Waals surface area (Å²) in [5, 5.41) is 7.06. The SMILES string of the molecule is Cc1nc(Cc2noc(CCCC(C)N)n2)cs1. The fraction of sp³-hybridized carbons (Fsp3) is 0.583. The van der Waals surface area contributed by atoms with Crippen LogP contribution in [0.5, 0.6) is 0 Å². The van der Waals surface area contributed by atoms with E-state index in [4.69, 9.17) is 10.3 Å². The number of aryl methyl sites for hydroxylation is 2. The van der Waals surface area contributed by atoms with E-state index in [2.05, 4.69) is 15.1 Å². The summed E-state index contributed by atoms with van der Waals surface area (Å²) in [6.45, 7) is 3.99. The molecular formula is C12H18N4OS. The summed E-state index contributed by atoms with van der Waals surface area (Å²) < 4.78 is 5.20. The maximum absolute atomic E-state index is 5.69. The molecule has 98 valence electrons. The van der Waals surface area contributed by atoms with Gasteiger partial charge in [-0.3, -0.25) is 0 Å². The number of hydrogen-bond acceptors (Lipinski definition) is 6. The molecule has 0 radical (unpaired) electrons. The lowest BCUT2D eigenvalue weighted by atomic mass is 10.1. The van der Waals surface area contributed by atoms with Crippen LogP contribution >= 0.6 is 11.3 Å². The molecular weight excluding hydrogens is 248 g/mol. The Morgan fingerprint density at radius 1 is 1.44 bits per heavy atom. The monoisotopic (exact) mass is 266 g/mol. The van der Waals surface area contributed by atoms with Gasteiger partial charge in [0.2, 0.25) is 5.89 Å². The average molecular weight is 266 g/mol. The molecule has 2 N–H and O–H groups in total. The lowest BCUT2D eigenvalue weighted by Crippen LogP contribution is -2.14. The van der Waals surface area contributed by atoms with Crippen molar-refractivity contribution in [3.63, 3.8) is 0 Å². The van der Waals surface area contributed by atoms with Crippen molar-refractivity contribution >= 4 is 11.3 Å². The first-order valence-electron chi connectivity index (χ1n) is 6.11. The number of rotatable bonds is 6. The smallest absolute Gasteiger partial charge is 0.226 e. The van der Waals surface area contributed by atoms with Crippen LogP contribution in [-0.4, -0.2) is 21.2 Å². The Balaban J connectivity index is 1.86. The minimum atomic E-state index is 0.227. The summed E-state index contributed by atoms with van der Waals surface area (Å²) >= 11 is 1.64. The van der Waals surface area contributed by atoms with Gasteiger partial charge in [0.15, 0.2) is 5.82 Å². The van der Waals surface area contributed by atoms with Crippen LogP contribution in [0, 0.1) is 6.92 Å².